The van der Waals surface area contributed by atoms with Gasteiger partial charge in [0.15, 0.2) is 0 Å². The monoisotopic (exact) mass is 243 g/mol. The largest absolute Gasteiger partial charge is 0.368 e. The van der Waals surface area contributed by atoms with Crippen LogP contribution < -0.4 is 10.2 Å². The molecule has 1 fully saturated rings. The first kappa shape index (κ1) is 12.9. The van der Waals surface area contributed by atoms with Crippen molar-refractivity contribution in [1.82, 2.24) is 5.32 Å². The van der Waals surface area contributed by atoms with Gasteiger partial charge in [0.25, 0.3) is 0 Å². The number of nitrogens with zero attached hydrogens (tertiary/aromatic N) is 2. The Labute approximate surface area is 109 Å². The number of hydrogen-bond acceptors (Lipinski definition) is 3. The highest BCUT2D eigenvalue weighted by Crippen LogP contribution is 2.21. The van der Waals surface area contributed by atoms with Gasteiger partial charge in [-0.25, -0.2) is 0 Å². The van der Waals surface area contributed by atoms with Crippen molar-refractivity contribution >= 4 is 5.69 Å². The second-order valence-corrected chi connectivity index (χ2v) is 5.38. The molecule has 2 rings (SSSR count). The van der Waals surface area contributed by atoms with Gasteiger partial charge in [-0.15, -0.1) is 0 Å². The number of nitrogens with one attached hydrogen (secondary N) is 1. The van der Waals surface area contributed by atoms with E-state index in [9.17, 15) is 0 Å². The minimum atomic E-state index is 0.277. The molecule has 2 atom stereocenters. The molecule has 0 amide bonds. The van der Waals surface area contributed by atoms with Crippen molar-refractivity contribution in [1.29, 1.82) is 5.26 Å². The Morgan fingerprint density at radius 3 is 2.56 bits per heavy atom. The summed E-state index contributed by atoms with van der Waals surface area (Å²) in [6.45, 7) is 8.37. The highest BCUT2D eigenvalue weighted by molar-refractivity contribution is 5.51. The number of nitriles is 1. The van der Waals surface area contributed by atoms with E-state index in [1.54, 1.807) is 0 Å². The van der Waals surface area contributed by atoms with Gasteiger partial charge in [-0.05, 0) is 44.0 Å². The van der Waals surface area contributed by atoms with Crippen LogP contribution in [0, 0.1) is 25.2 Å². The molecule has 0 saturated carbocycles. The number of aryl methyl sites for hydroxylation is 2. The summed E-state index contributed by atoms with van der Waals surface area (Å²) >= 11 is 0. The van der Waals surface area contributed by atoms with E-state index in [4.69, 9.17) is 5.26 Å². The quantitative estimate of drug-likeness (QED) is 0.867. The van der Waals surface area contributed by atoms with Crippen molar-refractivity contribution in [2.75, 3.05) is 18.0 Å². The zero-order valence-electron chi connectivity index (χ0n) is 11.4. The summed E-state index contributed by atoms with van der Waals surface area (Å²) < 4.78 is 0. The molecule has 0 aromatic heterocycles. The molecule has 1 aliphatic heterocycles. The van der Waals surface area contributed by atoms with Crippen molar-refractivity contribution in [2.45, 2.75) is 39.3 Å². The minimum absolute atomic E-state index is 0.277. The van der Waals surface area contributed by atoms with E-state index in [1.807, 2.05) is 0 Å². The zero-order valence-corrected chi connectivity index (χ0v) is 11.4. The molecule has 1 saturated heterocycles. The van der Waals surface area contributed by atoms with Crippen LogP contribution in [0.2, 0.25) is 0 Å². The maximum Gasteiger partial charge on any atom is 0.0638 e. The van der Waals surface area contributed by atoms with Gasteiger partial charge in [0.05, 0.1) is 12.5 Å². The molecule has 96 valence electrons. The first-order valence-corrected chi connectivity index (χ1v) is 6.54. The standard InChI is InChI=1S/C15H21N3/c1-11-6-12(2)8-15(7-11)18-9-13(3)17-14(10-18)4-5-16/h6-8,13-14,17H,4,9-10H2,1-3H3. The highest BCUT2D eigenvalue weighted by Gasteiger charge is 2.23. The molecular formula is C15H21N3. The third-order valence-electron chi connectivity index (χ3n) is 3.36. The van der Waals surface area contributed by atoms with Gasteiger partial charge < -0.3 is 10.2 Å². The lowest BCUT2D eigenvalue weighted by Crippen LogP contribution is -2.55. The van der Waals surface area contributed by atoms with E-state index in [0.717, 1.165) is 13.1 Å². The number of piperazine rings is 1. The summed E-state index contributed by atoms with van der Waals surface area (Å²) in [7, 11) is 0. The van der Waals surface area contributed by atoms with Gasteiger partial charge in [-0.2, -0.15) is 5.26 Å². The first-order valence-electron chi connectivity index (χ1n) is 6.54. The van der Waals surface area contributed by atoms with Crippen LogP contribution in [0.4, 0.5) is 5.69 Å². The maximum absolute atomic E-state index is 8.84. The minimum Gasteiger partial charge on any atom is -0.368 e. The molecule has 2 unspecified atom stereocenters. The molecule has 0 radical (unpaired) electrons. The van der Waals surface area contributed by atoms with Crippen molar-refractivity contribution in [3.8, 4) is 6.07 Å². The van der Waals surface area contributed by atoms with Crippen LogP contribution in [0.5, 0.6) is 0 Å². The Hall–Kier alpha value is -1.53. The van der Waals surface area contributed by atoms with Crippen LogP contribution in [-0.2, 0) is 0 Å². The Morgan fingerprint density at radius 1 is 1.28 bits per heavy atom. The summed E-state index contributed by atoms with van der Waals surface area (Å²) in [5.74, 6) is 0. The van der Waals surface area contributed by atoms with Crippen LogP contribution in [0.15, 0.2) is 18.2 Å². The second kappa shape index (κ2) is 5.41. The van der Waals surface area contributed by atoms with Crippen LogP contribution in [0.25, 0.3) is 0 Å². The average molecular weight is 243 g/mol. The van der Waals surface area contributed by atoms with E-state index in [2.05, 4.69) is 55.3 Å². The molecule has 3 nitrogen and oxygen atoms in total. The molecule has 18 heavy (non-hydrogen) atoms. The van der Waals surface area contributed by atoms with E-state index < -0.39 is 0 Å². The van der Waals surface area contributed by atoms with E-state index in [1.165, 1.54) is 16.8 Å². The summed E-state index contributed by atoms with van der Waals surface area (Å²) in [5, 5.41) is 12.3. The molecule has 1 heterocycles. The van der Waals surface area contributed by atoms with Crippen LogP contribution >= 0.6 is 0 Å². The fourth-order valence-electron chi connectivity index (χ4n) is 2.76. The molecule has 0 spiro atoms. The van der Waals surface area contributed by atoms with Gasteiger partial charge in [0, 0.05) is 30.9 Å². The van der Waals surface area contributed by atoms with Crippen molar-refractivity contribution in [3.63, 3.8) is 0 Å². The zero-order chi connectivity index (χ0) is 13.1. The van der Waals surface area contributed by atoms with Gasteiger partial charge in [0.1, 0.15) is 0 Å². The average Bonchev–Trinajstić information content (AvgIpc) is 2.27. The third kappa shape index (κ3) is 3.02. The fourth-order valence-corrected chi connectivity index (χ4v) is 2.76. The lowest BCUT2D eigenvalue weighted by Gasteiger charge is -2.38. The summed E-state index contributed by atoms with van der Waals surface area (Å²) in [6, 6.07) is 9.63. The molecule has 1 aliphatic rings. The van der Waals surface area contributed by atoms with E-state index >= 15 is 0 Å². The first-order chi connectivity index (χ1) is 8.58. The molecule has 0 aliphatic carbocycles. The summed E-state index contributed by atoms with van der Waals surface area (Å²) in [4.78, 5) is 2.39. The lowest BCUT2D eigenvalue weighted by atomic mass is 10.1. The molecule has 3 heteroatoms. The molecule has 0 bridgehead atoms. The Balaban J connectivity index is 2.18. The second-order valence-electron chi connectivity index (χ2n) is 5.38. The van der Waals surface area contributed by atoms with Crippen LogP contribution in [-0.4, -0.2) is 25.2 Å². The van der Waals surface area contributed by atoms with Crippen LogP contribution in [0.3, 0.4) is 0 Å². The van der Waals surface area contributed by atoms with Crippen LogP contribution in [0.1, 0.15) is 24.5 Å². The fraction of sp³-hybridized carbons (Fsp3) is 0.533. The highest BCUT2D eigenvalue weighted by atomic mass is 15.2. The summed E-state index contributed by atoms with van der Waals surface area (Å²) in [5.41, 5.74) is 3.88. The number of benzene rings is 1. The van der Waals surface area contributed by atoms with Crippen molar-refractivity contribution in [2.24, 2.45) is 0 Å². The third-order valence-corrected chi connectivity index (χ3v) is 3.36. The Kier molecular flexibility index (Phi) is 3.88. The normalized spacial score (nSPS) is 23.8. The Morgan fingerprint density at radius 2 is 1.94 bits per heavy atom. The lowest BCUT2D eigenvalue weighted by molar-refractivity contribution is 0.391. The van der Waals surface area contributed by atoms with Gasteiger partial charge >= 0.3 is 0 Å². The molecular weight excluding hydrogens is 222 g/mol. The van der Waals surface area contributed by atoms with Gasteiger partial charge in [-0.3, -0.25) is 0 Å². The van der Waals surface area contributed by atoms with Gasteiger partial charge in [0.2, 0.25) is 0 Å². The molecule has 1 aromatic rings. The predicted octanol–water partition coefficient (Wildman–Crippen LogP) is 2.38. The number of rotatable bonds is 2. The van der Waals surface area contributed by atoms with E-state index in [-0.39, 0.29) is 6.04 Å². The molecule has 1 N–H and O–H groups in total. The van der Waals surface area contributed by atoms with Gasteiger partial charge in [-0.1, -0.05) is 6.07 Å². The topological polar surface area (TPSA) is 39.1 Å². The number of hydrogen-bond donors (Lipinski definition) is 1. The Bertz CT molecular complexity index is 441. The SMILES string of the molecule is Cc1cc(C)cc(N2CC(C)NC(CC#N)C2)c1. The number of anilines is 1. The maximum atomic E-state index is 8.84. The van der Waals surface area contributed by atoms with E-state index in [0.29, 0.717) is 12.5 Å². The van der Waals surface area contributed by atoms with Crippen molar-refractivity contribution < 1.29 is 0 Å². The summed E-state index contributed by atoms with van der Waals surface area (Å²) in [6.07, 6.45) is 0.575. The van der Waals surface area contributed by atoms with Crippen molar-refractivity contribution in [3.05, 3.63) is 29.3 Å². The predicted molar refractivity (Wildman–Crippen MR) is 74.7 cm³/mol. The molecule has 1 aromatic carbocycles. The smallest absolute Gasteiger partial charge is 0.0638 e.